The van der Waals surface area contributed by atoms with E-state index < -0.39 is 69.7 Å². The molecule has 0 unspecified atom stereocenters. The topological polar surface area (TPSA) is 52.6 Å². The lowest BCUT2D eigenvalue weighted by Crippen LogP contribution is -2.26. The predicted octanol–water partition coefficient (Wildman–Crippen LogP) is 5.16. The molecule has 1 aromatic carbocycles. The Morgan fingerprint density at radius 2 is 1.60 bits per heavy atom. The van der Waals surface area contributed by atoms with Crippen molar-refractivity contribution in [2.45, 2.75) is 46.3 Å². The van der Waals surface area contributed by atoms with E-state index in [0.29, 0.717) is 0 Å². The second-order valence-corrected chi connectivity index (χ2v) is 8.50. The molecule has 1 aromatic rings. The van der Waals surface area contributed by atoms with Gasteiger partial charge >= 0.3 is 18.0 Å². The molecule has 1 fully saturated rings. The number of alkyl halides is 2. The first kappa shape index (κ1) is 23.8. The number of allylic oxidation sites excluding steroid dienone is 1. The molecular formula is C20H20F6O4. The maximum Gasteiger partial charge on any atom is 0.431 e. The number of benzene rings is 1. The second-order valence-electron chi connectivity index (χ2n) is 8.50. The van der Waals surface area contributed by atoms with Gasteiger partial charge in [-0.25, -0.2) is 18.0 Å². The van der Waals surface area contributed by atoms with E-state index in [1.165, 1.54) is 34.6 Å². The van der Waals surface area contributed by atoms with Crippen LogP contribution in [0, 0.1) is 34.7 Å². The minimum absolute atomic E-state index is 0.249. The Morgan fingerprint density at radius 3 is 2.13 bits per heavy atom. The van der Waals surface area contributed by atoms with Crippen LogP contribution in [0.1, 0.15) is 40.2 Å². The van der Waals surface area contributed by atoms with E-state index in [9.17, 15) is 35.9 Å². The zero-order valence-corrected chi connectivity index (χ0v) is 16.8. The molecule has 0 heterocycles. The highest BCUT2D eigenvalue weighted by Gasteiger charge is 2.63. The molecule has 1 aliphatic carbocycles. The summed E-state index contributed by atoms with van der Waals surface area (Å²) in [6.07, 6.45) is -3.83. The van der Waals surface area contributed by atoms with Crippen molar-refractivity contribution in [1.29, 1.82) is 0 Å². The van der Waals surface area contributed by atoms with Crippen molar-refractivity contribution in [3.63, 3.8) is 0 Å². The van der Waals surface area contributed by atoms with Crippen LogP contribution in [0.4, 0.5) is 26.3 Å². The number of carbonyl (C=O) groups excluding carboxylic acids is 2. The smallest absolute Gasteiger partial charge is 0.431 e. The third-order valence-electron chi connectivity index (χ3n) is 4.66. The van der Waals surface area contributed by atoms with Crippen LogP contribution in [-0.2, 0) is 25.2 Å². The molecule has 166 valence electrons. The van der Waals surface area contributed by atoms with Gasteiger partial charge in [0, 0.05) is 0 Å². The molecule has 1 aliphatic rings. The van der Waals surface area contributed by atoms with Crippen LogP contribution in [0.5, 0.6) is 0 Å². The van der Waals surface area contributed by atoms with Gasteiger partial charge in [-0.3, -0.25) is 4.79 Å². The van der Waals surface area contributed by atoms with Gasteiger partial charge in [-0.1, -0.05) is 13.8 Å². The lowest BCUT2D eigenvalue weighted by Gasteiger charge is -2.18. The van der Waals surface area contributed by atoms with Crippen molar-refractivity contribution in [2.24, 2.45) is 17.3 Å². The monoisotopic (exact) mass is 438 g/mol. The molecule has 10 heteroatoms. The fourth-order valence-corrected chi connectivity index (χ4v) is 2.99. The number of halogens is 6. The normalized spacial score (nSPS) is 21.2. The van der Waals surface area contributed by atoms with Gasteiger partial charge in [-0.2, -0.15) is 13.2 Å². The van der Waals surface area contributed by atoms with Gasteiger partial charge < -0.3 is 9.47 Å². The number of carbonyl (C=O) groups is 2. The van der Waals surface area contributed by atoms with Gasteiger partial charge in [0.25, 0.3) is 0 Å². The van der Waals surface area contributed by atoms with Gasteiger partial charge in [0.15, 0.2) is 17.5 Å². The standard InChI is InChI=1S/C20H20F6O4/c1-18(2,3)29-16(27)12(22)8-10-13(19(10,4)5)17(28)30-20(25,26)9-6-7-11(21)15(24)14(9)23/h6-8,10,13H,1-5H3/t10-,13-/m0/s1. The molecule has 0 amide bonds. The fourth-order valence-electron chi connectivity index (χ4n) is 2.99. The van der Waals surface area contributed by atoms with E-state index in [-0.39, 0.29) is 12.1 Å². The number of hydrogen-bond donors (Lipinski definition) is 0. The molecule has 0 aliphatic heterocycles. The maximum absolute atomic E-state index is 14.2. The van der Waals surface area contributed by atoms with Crippen LogP contribution in [0.25, 0.3) is 0 Å². The highest BCUT2D eigenvalue weighted by molar-refractivity contribution is 5.87. The Morgan fingerprint density at radius 1 is 1.03 bits per heavy atom. The molecule has 0 N–H and O–H groups in total. The quantitative estimate of drug-likeness (QED) is 0.276. The highest BCUT2D eigenvalue weighted by Crippen LogP contribution is 2.60. The molecule has 2 rings (SSSR count). The fraction of sp³-hybridized carbons (Fsp3) is 0.500. The molecule has 0 spiro atoms. The van der Waals surface area contributed by atoms with E-state index in [1.54, 1.807) is 0 Å². The number of hydrogen-bond acceptors (Lipinski definition) is 4. The predicted molar refractivity (Wildman–Crippen MR) is 92.1 cm³/mol. The molecule has 4 nitrogen and oxygen atoms in total. The summed E-state index contributed by atoms with van der Waals surface area (Å²) in [4.78, 5) is 23.9. The molecule has 1 saturated carbocycles. The Kier molecular flexibility index (Phi) is 6.04. The lowest BCUT2D eigenvalue weighted by atomic mass is 10.1. The van der Waals surface area contributed by atoms with E-state index >= 15 is 0 Å². The summed E-state index contributed by atoms with van der Waals surface area (Å²) in [5.74, 6) is -12.4. The molecule has 30 heavy (non-hydrogen) atoms. The van der Waals surface area contributed by atoms with Crippen LogP contribution in [0.3, 0.4) is 0 Å². The lowest BCUT2D eigenvalue weighted by molar-refractivity contribution is -0.243. The number of ether oxygens (including phenoxy) is 2. The van der Waals surface area contributed by atoms with Crippen molar-refractivity contribution < 1.29 is 45.4 Å². The second kappa shape index (κ2) is 7.63. The van der Waals surface area contributed by atoms with Gasteiger partial charge in [-0.05, 0) is 50.3 Å². The molecule has 0 bridgehead atoms. The van der Waals surface area contributed by atoms with E-state index in [1.807, 2.05) is 0 Å². The van der Waals surface area contributed by atoms with Crippen molar-refractivity contribution in [3.8, 4) is 0 Å². The minimum atomic E-state index is -4.60. The van der Waals surface area contributed by atoms with Crippen LogP contribution in [0.2, 0.25) is 0 Å². The van der Waals surface area contributed by atoms with Crippen molar-refractivity contribution in [2.75, 3.05) is 0 Å². The summed E-state index contributed by atoms with van der Waals surface area (Å²) in [7, 11) is 0. The third-order valence-corrected chi connectivity index (χ3v) is 4.66. The summed E-state index contributed by atoms with van der Waals surface area (Å²) in [5.41, 5.74) is -3.70. The van der Waals surface area contributed by atoms with Crippen molar-refractivity contribution in [3.05, 3.63) is 47.1 Å². The van der Waals surface area contributed by atoms with E-state index in [2.05, 4.69) is 4.74 Å². The summed E-state index contributed by atoms with van der Waals surface area (Å²) in [5, 5.41) is 0. The molecule has 0 radical (unpaired) electrons. The van der Waals surface area contributed by atoms with Crippen LogP contribution in [-0.4, -0.2) is 17.5 Å². The zero-order chi connectivity index (χ0) is 23.2. The van der Waals surface area contributed by atoms with Crippen LogP contribution < -0.4 is 0 Å². The van der Waals surface area contributed by atoms with Gasteiger partial charge in [0.2, 0.25) is 5.83 Å². The Bertz CT molecular complexity index is 901. The summed E-state index contributed by atoms with van der Waals surface area (Å²) in [6, 6.07) is 0.511. The molecule has 0 saturated heterocycles. The number of esters is 2. The average molecular weight is 438 g/mol. The Hall–Kier alpha value is -2.52. The van der Waals surface area contributed by atoms with Gasteiger partial charge in [-0.15, -0.1) is 0 Å². The van der Waals surface area contributed by atoms with Gasteiger partial charge in [0.05, 0.1) is 5.92 Å². The average Bonchev–Trinajstić information content (AvgIpc) is 3.10. The van der Waals surface area contributed by atoms with Gasteiger partial charge in [0.1, 0.15) is 11.2 Å². The minimum Gasteiger partial charge on any atom is -0.455 e. The maximum atomic E-state index is 14.2. The largest absolute Gasteiger partial charge is 0.455 e. The molecular weight excluding hydrogens is 418 g/mol. The molecule has 2 atom stereocenters. The zero-order valence-electron chi connectivity index (χ0n) is 16.8. The Labute approximate surface area is 168 Å². The van der Waals surface area contributed by atoms with E-state index in [0.717, 1.165) is 6.08 Å². The van der Waals surface area contributed by atoms with E-state index in [4.69, 9.17) is 4.74 Å². The number of rotatable bonds is 5. The van der Waals surface area contributed by atoms with Crippen molar-refractivity contribution >= 4 is 11.9 Å². The van der Waals surface area contributed by atoms with Crippen molar-refractivity contribution in [1.82, 2.24) is 0 Å². The SMILES string of the molecule is CC(C)(C)OC(=O)C(F)=C[C@H]1[C@@H](C(=O)OC(F)(F)c2ccc(F)c(F)c2F)C1(C)C. The first-order chi connectivity index (χ1) is 13.5. The first-order valence-electron chi connectivity index (χ1n) is 8.84. The highest BCUT2D eigenvalue weighted by atomic mass is 19.3. The first-order valence-corrected chi connectivity index (χ1v) is 8.84. The van der Waals surface area contributed by atoms with Crippen LogP contribution in [0.15, 0.2) is 24.0 Å². The summed E-state index contributed by atoms with van der Waals surface area (Å²) in [6.45, 7) is 7.42. The summed E-state index contributed by atoms with van der Waals surface area (Å²) < 4.78 is 91.2. The Balaban J connectivity index is 2.18. The molecule has 0 aromatic heterocycles. The van der Waals surface area contributed by atoms with Crippen LogP contribution >= 0.6 is 0 Å². The summed E-state index contributed by atoms with van der Waals surface area (Å²) >= 11 is 0. The third kappa shape index (κ3) is 4.79.